The molecular weight excluding hydrogens is 391 g/mol. The lowest BCUT2D eigenvalue weighted by Crippen LogP contribution is -2.13. The highest BCUT2D eigenvalue weighted by Crippen LogP contribution is 2.61. The summed E-state index contributed by atoms with van der Waals surface area (Å²) in [5.41, 5.74) is 0. The molecular formula is C30H62P+. The van der Waals surface area contributed by atoms with Gasteiger partial charge in [-0.2, -0.15) is 0 Å². The van der Waals surface area contributed by atoms with Gasteiger partial charge in [0.25, 0.3) is 0 Å². The Balaban J connectivity index is 3.80. The first-order chi connectivity index (χ1) is 15.2. The van der Waals surface area contributed by atoms with Gasteiger partial charge in [0, 0.05) is 7.26 Å². The number of rotatable bonds is 25. The normalized spacial score (nSPS) is 12.3. The molecule has 0 N–H and O–H groups in total. The van der Waals surface area contributed by atoms with E-state index in [0.717, 1.165) is 0 Å². The minimum Gasteiger partial charge on any atom is -0.0885 e. The molecule has 0 saturated carbocycles. The highest BCUT2D eigenvalue weighted by Gasteiger charge is 2.34. The van der Waals surface area contributed by atoms with Crippen molar-refractivity contribution in [1.29, 1.82) is 0 Å². The quantitative estimate of drug-likeness (QED) is 0.0732. The van der Waals surface area contributed by atoms with Crippen LogP contribution in [0.25, 0.3) is 0 Å². The van der Waals surface area contributed by atoms with Crippen LogP contribution >= 0.6 is 7.26 Å². The van der Waals surface area contributed by atoms with Gasteiger partial charge in [-0.3, -0.25) is 0 Å². The summed E-state index contributed by atoms with van der Waals surface area (Å²) in [5.74, 6) is 0. The molecule has 0 unspecified atom stereocenters. The third-order valence-corrected chi connectivity index (χ3v) is 12.2. The third kappa shape index (κ3) is 20.5. The molecule has 0 amide bonds. The van der Waals surface area contributed by atoms with Crippen LogP contribution in [0.1, 0.15) is 156 Å². The van der Waals surface area contributed by atoms with Gasteiger partial charge in [0.2, 0.25) is 0 Å². The molecule has 0 aromatic heterocycles. The lowest BCUT2D eigenvalue weighted by molar-refractivity contribution is 0.606. The molecule has 0 aromatic carbocycles. The van der Waals surface area contributed by atoms with E-state index >= 15 is 0 Å². The van der Waals surface area contributed by atoms with Crippen LogP contribution < -0.4 is 0 Å². The minimum atomic E-state index is -0.643. The Labute approximate surface area is 200 Å². The van der Waals surface area contributed by atoms with Crippen LogP contribution in [0.2, 0.25) is 0 Å². The average molecular weight is 454 g/mol. The summed E-state index contributed by atoms with van der Waals surface area (Å²) in [6.45, 7) is 9.46. The van der Waals surface area contributed by atoms with Crippen LogP contribution in [-0.4, -0.2) is 24.6 Å². The maximum absolute atomic E-state index is 2.46. The number of allylic oxidation sites excluding steroid dienone is 2. The van der Waals surface area contributed by atoms with Gasteiger partial charge >= 0.3 is 0 Å². The lowest BCUT2D eigenvalue weighted by atomic mass is 10.1. The van der Waals surface area contributed by atoms with E-state index in [2.05, 4.69) is 39.8 Å². The molecule has 0 fully saturated rings. The first kappa shape index (κ1) is 31.2. The van der Waals surface area contributed by atoms with E-state index in [9.17, 15) is 0 Å². The highest BCUT2D eigenvalue weighted by molar-refractivity contribution is 7.75. The second-order valence-electron chi connectivity index (χ2n) is 10.2. The van der Waals surface area contributed by atoms with Crippen molar-refractivity contribution in [3.63, 3.8) is 0 Å². The zero-order valence-corrected chi connectivity index (χ0v) is 23.5. The van der Waals surface area contributed by atoms with Crippen molar-refractivity contribution >= 4 is 7.26 Å². The highest BCUT2D eigenvalue weighted by atomic mass is 31.2. The average Bonchev–Trinajstić information content (AvgIpc) is 2.79. The monoisotopic (exact) mass is 453 g/mol. The summed E-state index contributed by atoms with van der Waals surface area (Å²) in [7, 11) is -0.643. The van der Waals surface area contributed by atoms with Gasteiger partial charge in [-0.05, 0) is 57.8 Å². The van der Waals surface area contributed by atoms with E-state index in [1.54, 1.807) is 24.6 Å². The molecule has 1 heteroatoms. The summed E-state index contributed by atoms with van der Waals surface area (Å²) in [4.78, 5) is 0. The van der Waals surface area contributed by atoms with Crippen LogP contribution in [-0.2, 0) is 0 Å². The van der Waals surface area contributed by atoms with E-state index < -0.39 is 7.26 Å². The van der Waals surface area contributed by atoms with Gasteiger partial charge in [-0.25, -0.2) is 0 Å². The Morgan fingerprint density at radius 2 is 0.677 bits per heavy atom. The molecule has 0 spiro atoms. The smallest absolute Gasteiger partial charge is 0.0594 e. The van der Waals surface area contributed by atoms with Crippen LogP contribution in [0.5, 0.6) is 0 Å². The van der Waals surface area contributed by atoms with E-state index in [1.807, 2.05) is 0 Å². The van der Waals surface area contributed by atoms with E-state index in [-0.39, 0.29) is 0 Å². The first-order valence-corrected chi connectivity index (χ1v) is 17.3. The Kier molecular flexibility index (Phi) is 24.9. The Bertz CT molecular complexity index is 338. The molecule has 0 saturated heterocycles. The van der Waals surface area contributed by atoms with E-state index in [0.29, 0.717) is 0 Å². The zero-order valence-electron chi connectivity index (χ0n) is 22.6. The molecule has 0 nitrogen and oxygen atoms in total. The predicted molar refractivity (Wildman–Crippen MR) is 151 cm³/mol. The Hall–Kier alpha value is 0.170. The number of hydrogen-bond acceptors (Lipinski definition) is 0. The molecule has 0 aliphatic carbocycles. The standard InChI is InChI=1S/C30H62P/c1-5-9-13-14-15-16-17-18-19-20-21-22-23-24-25-26-30-31(27-10-6-2,28-11-7-3)29-12-8-4/h18-19H,5-17,20-30H2,1-4H3/q+1. The van der Waals surface area contributed by atoms with E-state index in [1.165, 1.54) is 128 Å². The summed E-state index contributed by atoms with van der Waals surface area (Å²) in [6.07, 6.45) is 40.0. The van der Waals surface area contributed by atoms with Crippen molar-refractivity contribution in [1.82, 2.24) is 0 Å². The fourth-order valence-corrected chi connectivity index (χ4v) is 10.0. The van der Waals surface area contributed by atoms with Gasteiger partial charge < -0.3 is 0 Å². The van der Waals surface area contributed by atoms with Gasteiger partial charge in [-0.15, -0.1) is 0 Å². The van der Waals surface area contributed by atoms with Crippen LogP contribution in [0.3, 0.4) is 0 Å². The van der Waals surface area contributed by atoms with Crippen molar-refractivity contribution < 1.29 is 0 Å². The van der Waals surface area contributed by atoms with E-state index in [4.69, 9.17) is 0 Å². The lowest BCUT2D eigenvalue weighted by Gasteiger charge is -2.28. The molecule has 0 rings (SSSR count). The van der Waals surface area contributed by atoms with Gasteiger partial charge in [0.1, 0.15) is 0 Å². The van der Waals surface area contributed by atoms with Gasteiger partial charge in [0.15, 0.2) is 0 Å². The largest absolute Gasteiger partial charge is 0.0885 e. The van der Waals surface area contributed by atoms with Crippen molar-refractivity contribution in [3.05, 3.63) is 12.2 Å². The summed E-state index contributed by atoms with van der Waals surface area (Å²) in [6, 6.07) is 0. The van der Waals surface area contributed by atoms with Crippen molar-refractivity contribution in [3.8, 4) is 0 Å². The molecule has 0 aliphatic rings. The molecule has 186 valence electrons. The number of unbranched alkanes of at least 4 members (excludes halogenated alkanes) is 15. The van der Waals surface area contributed by atoms with Gasteiger partial charge in [0.05, 0.1) is 24.6 Å². The molecule has 0 heterocycles. The second-order valence-corrected chi connectivity index (χ2v) is 14.7. The fourth-order valence-electron chi connectivity index (χ4n) is 4.85. The summed E-state index contributed by atoms with van der Waals surface area (Å²) < 4.78 is 0. The summed E-state index contributed by atoms with van der Waals surface area (Å²) >= 11 is 0. The SMILES string of the molecule is CCCCCCCCC=CCCCCCCCC[P+](CCCC)(CCCC)CCCC. The third-order valence-electron chi connectivity index (χ3n) is 7.10. The molecule has 0 atom stereocenters. The van der Waals surface area contributed by atoms with Gasteiger partial charge in [-0.1, -0.05) is 110 Å². The van der Waals surface area contributed by atoms with Crippen molar-refractivity contribution in [2.45, 2.75) is 156 Å². The molecule has 0 radical (unpaired) electrons. The number of hydrogen-bond donors (Lipinski definition) is 0. The first-order valence-electron chi connectivity index (χ1n) is 14.7. The molecule has 0 bridgehead atoms. The Morgan fingerprint density at radius 1 is 0.355 bits per heavy atom. The molecule has 31 heavy (non-hydrogen) atoms. The predicted octanol–water partition coefficient (Wildman–Crippen LogP) is 11.4. The maximum atomic E-state index is 2.46. The minimum absolute atomic E-state index is 0.643. The van der Waals surface area contributed by atoms with Crippen LogP contribution in [0.4, 0.5) is 0 Å². The van der Waals surface area contributed by atoms with Crippen LogP contribution in [0.15, 0.2) is 12.2 Å². The maximum Gasteiger partial charge on any atom is 0.0594 e. The summed E-state index contributed by atoms with van der Waals surface area (Å²) in [5, 5.41) is 0. The molecule has 0 aliphatic heterocycles. The topological polar surface area (TPSA) is 0 Å². The fraction of sp³-hybridized carbons (Fsp3) is 0.933. The van der Waals surface area contributed by atoms with Crippen molar-refractivity contribution in [2.24, 2.45) is 0 Å². The molecule has 0 aromatic rings. The zero-order chi connectivity index (χ0) is 22.9. The van der Waals surface area contributed by atoms with Crippen molar-refractivity contribution in [2.75, 3.05) is 24.6 Å². The second kappa shape index (κ2) is 24.8. The van der Waals surface area contributed by atoms with Crippen LogP contribution in [0, 0.1) is 0 Å². The Morgan fingerprint density at radius 3 is 1.10 bits per heavy atom.